The highest BCUT2D eigenvalue weighted by atomic mass is 31.1. The Labute approximate surface area is 44.8 Å². The normalized spacial score (nSPS) is 15.0. The number of rotatable bonds is 2. The van der Waals surface area contributed by atoms with Gasteiger partial charge in [0.25, 0.3) is 0 Å². The van der Waals surface area contributed by atoms with Crippen molar-refractivity contribution in [3.63, 3.8) is 0 Å². The first-order valence-corrected chi connectivity index (χ1v) is 2.80. The maximum absolute atomic E-state index is 11.5. The Hall–Kier alpha value is -0.540. The fourth-order valence-electron chi connectivity index (χ4n) is 0.0902. The number of aliphatic carboxylic acids is 1. The van der Waals surface area contributed by atoms with Gasteiger partial charge >= 0.3 is 19.9 Å². The van der Waals surface area contributed by atoms with E-state index in [2.05, 4.69) is 0 Å². The summed E-state index contributed by atoms with van der Waals surface area (Å²) in [5, 5.41) is 7.59. The summed E-state index contributed by atoms with van der Waals surface area (Å²) < 4.78 is 20.9. The number of halogens is 1. The second-order valence-corrected chi connectivity index (χ2v) is 1.98. The molecule has 0 aliphatic carbocycles. The van der Waals surface area contributed by atoms with Crippen LogP contribution in [0.15, 0.2) is 0 Å². The Kier molecular flexibility index (Phi) is 2.51. The van der Waals surface area contributed by atoms with Crippen molar-refractivity contribution in [3.05, 3.63) is 0 Å². The SMILES string of the molecule is O=C(O)C(F)[P+](=O)[O-]. The highest BCUT2D eigenvalue weighted by Gasteiger charge is 2.28. The molecule has 1 N–H and O–H groups in total. The van der Waals surface area contributed by atoms with Crippen molar-refractivity contribution in [1.29, 1.82) is 0 Å². The topological polar surface area (TPSA) is 77.4 Å². The lowest BCUT2D eigenvalue weighted by Gasteiger charge is -1.87. The molecule has 0 aromatic heterocycles. The van der Waals surface area contributed by atoms with Crippen molar-refractivity contribution in [1.82, 2.24) is 0 Å². The highest BCUT2D eigenvalue weighted by Crippen LogP contribution is 2.17. The van der Waals surface area contributed by atoms with Gasteiger partial charge in [-0.15, -0.1) is 0 Å². The van der Waals surface area contributed by atoms with Crippen LogP contribution in [-0.2, 0) is 9.36 Å². The van der Waals surface area contributed by atoms with Gasteiger partial charge in [0.2, 0.25) is 0 Å². The van der Waals surface area contributed by atoms with Gasteiger partial charge in [-0.3, -0.25) is 0 Å². The summed E-state index contributed by atoms with van der Waals surface area (Å²) in [6.07, 6.45) is 0. The Balaban J connectivity index is 3.83. The van der Waals surface area contributed by atoms with Crippen LogP contribution in [0, 0.1) is 0 Å². The lowest BCUT2D eigenvalue weighted by atomic mass is 10.8. The lowest BCUT2D eigenvalue weighted by Crippen LogP contribution is -2.13. The summed E-state index contributed by atoms with van der Waals surface area (Å²) >= 11 is 0. The van der Waals surface area contributed by atoms with Gasteiger partial charge in [0.05, 0.1) is 0 Å². The molecular formula is C2H2FO4P. The zero-order valence-electron chi connectivity index (χ0n) is 3.57. The molecular weight excluding hydrogens is 138 g/mol. The lowest BCUT2D eigenvalue weighted by molar-refractivity contribution is -0.172. The number of carboxylic acids is 1. The van der Waals surface area contributed by atoms with Crippen LogP contribution in [-0.4, -0.2) is 17.0 Å². The summed E-state index contributed by atoms with van der Waals surface area (Å²) in [5.74, 6) is -4.73. The predicted octanol–water partition coefficient (Wildman–Crippen LogP) is -0.531. The first-order valence-electron chi connectivity index (χ1n) is 1.56. The summed E-state index contributed by atoms with van der Waals surface area (Å²) in [6.45, 7) is 0. The van der Waals surface area contributed by atoms with Crippen LogP contribution in [0.4, 0.5) is 4.39 Å². The van der Waals surface area contributed by atoms with Gasteiger partial charge in [-0.2, -0.15) is 4.39 Å². The van der Waals surface area contributed by atoms with Crippen molar-refractivity contribution in [2.24, 2.45) is 0 Å². The molecule has 0 aromatic carbocycles. The van der Waals surface area contributed by atoms with Gasteiger partial charge in [-0.1, -0.05) is 4.57 Å². The van der Waals surface area contributed by atoms with Crippen LogP contribution in [0.25, 0.3) is 0 Å². The zero-order valence-corrected chi connectivity index (χ0v) is 4.47. The van der Waals surface area contributed by atoms with Crippen LogP contribution in [0.3, 0.4) is 0 Å². The molecule has 4 nitrogen and oxygen atoms in total. The molecule has 0 heterocycles. The Bertz CT molecular complexity index is 109. The highest BCUT2D eigenvalue weighted by molar-refractivity contribution is 7.38. The van der Waals surface area contributed by atoms with Crippen molar-refractivity contribution in [2.45, 2.75) is 5.91 Å². The van der Waals surface area contributed by atoms with Gasteiger partial charge < -0.3 is 10.00 Å². The standard InChI is InChI=1S/C2H2FO4P/c3-1(2(4)5)8(6)7/h1H,(H,4,5). The van der Waals surface area contributed by atoms with E-state index in [1.165, 1.54) is 0 Å². The monoisotopic (exact) mass is 140 g/mol. The van der Waals surface area contributed by atoms with Gasteiger partial charge in [0.15, 0.2) is 0 Å². The maximum Gasteiger partial charge on any atom is 0.389 e. The van der Waals surface area contributed by atoms with E-state index in [4.69, 9.17) is 5.11 Å². The van der Waals surface area contributed by atoms with E-state index < -0.39 is 19.9 Å². The average Bonchev–Trinajstić information content (AvgIpc) is 1.64. The van der Waals surface area contributed by atoms with Crippen molar-refractivity contribution < 1.29 is 23.7 Å². The van der Waals surface area contributed by atoms with E-state index in [-0.39, 0.29) is 0 Å². The van der Waals surface area contributed by atoms with Crippen LogP contribution in [0.2, 0.25) is 0 Å². The van der Waals surface area contributed by atoms with Gasteiger partial charge in [0, 0.05) is 0 Å². The molecule has 0 aromatic rings. The van der Waals surface area contributed by atoms with E-state index in [0.717, 1.165) is 0 Å². The molecule has 2 atom stereocenters. The van der Waals surface area contributed by atoms with E-state index in [1.807, 2.05) is 0 Å². The van der Waals surface area contributed by atoms with Gasteiger partial charge in [-0.05, 0) is 0 Å². The fourth-order valence-corrected chi connectivity index (χ4v) is 0.271. The van der Waals surface area contributed by atoms with E-state index in [0.29, 0.717) is 0 Å². The van der Waals surface area contributed by atoms with Crippen LogP contribution >= 0.6 is 8.03 Å². The molecule has 0 saturated heterocycles. The minimum Gasteiger partial charge on any atom is -0.593 e. The fraction of sp³-hybridized carbons (Fsp3) is 0.500. The smallest absolute Gasteiger partial charge is 0.389 e. The second-order valence-electron chi connectivity index (χ2n) is 0.959. The predicted molar refractivity (Wildman–Crippen MR) is 20.1 cm³/mol. The summed E-state index contributed by atoms with van der Waals surface area (Å²) in [5.41, 5.74) is 0. The molecule has 0 rings (SSSR count). The van der Waals surface area contributed by atoms with E-state index >= 15 is 0 Å². The Morgan fingerprint density at radius 1 is 1.88 bits per heavy atom. The van der Waals surface area contributed by atoms with E-state index in [1.54, 1.807) is 0 Å². The van der Waals surface area contributed by atoms with Crippen molar-refractivity contribution >= 4 is 14.0 Å². The molecule has 0 bridgehead atoms. The average molecular weight is 140 g/mol. The summed E-state index contributed by atoms with van der Waals surface area (Å²) in [7, 11) is -3.47. The largest absolute Gasteiger partial charge is 0.593 e. The number of alkyl halides is 1. The van der Waals surface area contributed by atoms with Crippen molar-refractivity contribution in [2.75, 3.05) is 0 Å². The quantitative estimate of drug-likeness (QED) is 0.523. The first-order chi connectivity index (χ1) is 3.55. The number of carbonyl (C=O) groups is 1. The molecule has 6 heteroatoms. The molecule has 0 spiro atoms. The molecule has 2 unspecified atom stereocenters. The third kappa shape index (κ3) is 1.95. The van der Waals surface area contributed by atoms with E-state index in [9.17, 15) is 18.6 Å². The van der Waals surface area contributed by atoms with Crippen LogP contribution < -0.4 is 4.89 Å². The Morgan fingerprint density at radius 3 is 2.25 bits per heavy atom. The van der Waals surface area contributed by atoms with Crippen LogP contribution in [0.1, 0.15) is 0 Å². The molecule has 46 valence electrons. The molecule has 8 heavy (non-hydrogen) atoms. The summed E-state index contributed by atoms with van der Waals surface area (Å²) in [6, 6.07) is 0. The van der Waals surface area contributed by atoms with Crippen molar-refractivity contribution in [3.8, 4) is 0 Å². The molecule has 0 saturated carbocycles. The molecule has 0 amide bonds. The molecule has 0 aliphatic rings. The minimum atomic E-state index is -3.47. The zero-order chi connectivity index (χ0) is 6.73. The molecule has 0 aliphatic heterocycles. The number of hydrogen-bond acceptors (Lipinski definition) is 3. The van der Waals surface area contributed by atoms with Crippen LogP contribution in [0.5, 0.6) is 0 Å². The Morgan fingerprint density at radius 2 is 2.25 bits per heavy atom. The number of carboxylic acid groups (broad SMARTS) is 1. The third-order valence-corrected chi connectivity index (χ3v) is 0.980. The minimum absolute atomic E-state index is 1.97. The summed E-state index contributed by atoms with van der Waals surface area (Å²) in [4.78, 5) is 18.8. The van der Waals surface area contributed by atoms with Gasteiger partial charge in [0.1, 0.15) is 0 Å². The first kappa shape index (κ1) is 7.46. The second kappa shape index (κ2) is 2.69. The molecule has 0 fully saturated rings. The van der Waals surface area contributed by atoms with Gasteiger partial charge in [-0.25, -0.2) is 4.79 Å². The third-order valence-electron chi connectivity index (χ3n) is 0.389. The number of hydrogen-bond donors (Lipinski definition) is 1. The maximum atomic E-state index is 11.5. The molecule has 0 radical (unpaired) electrons.